The quantitative estimate of drug-likeness (QED) is 0.463. The van der Waals surface area contributed by atoms with E-state index in [1.54, 1.807) is 0 Å². The molecule has 3 nitrogen and oxygen atoms in total. The van der Waals surface area contributed by atoms with Gasteiger partial charge in [-0.15, -0.1) is 0 Å². The smallest absolute Gasteiger partial charge is 0.144 e. The number of fused-ring (bicyclic) bond motifs is 3. The number of hydrogen-bond acceptors (Lipinski definition) is 3. The zero-order valence-electron chi connectivity index (χ0n) is 22.7. The fraction of sp³-hybridized carbons (Fsp3) is 0.933. The Morgan fingerprint density at radius 1 is 0.848 bits per heavy atom. The Bertz CT molecular complexity index is 813. The van der Waals surface area contributed by atoms with Crippen molar-refractivity contribution in [3.05, 3.63) is 0 Å². The first-order valence-electron chi connectivity index (χ1n) is 13.7. The average Bonchev–Trinajstić information content (AvgIpc) is 2.73. The van der Waals surface area contributed by atoms with Crippen LogP contribution in [0, 0.1) is 50.2 Å². The first-order valence-corrected chi connectivity index (χ1v) is 13.7. The van der Waals surface area contributed by atoms with Crippen molar-refractivity contribution in [2.45, 2.75) is 126 Å². The van der Waals surface area contributed by atoms with E-state index in [4.69, 9.17) is 0 Å². The molecule has 0 amide bonds. The van der Waals surface area contributed by atoms with Crippen LogP contribution in [0.25, 0.3) is 0 Å². The molecule has 33 heavy (non-hydrogen) atoms. The molecule has 3 heteroatoms. The summed E-state index contributed by atoms with van der Waals surface area (Å²) in [5.41, 5.74) is 0.151. The molecule has 4 rings (SSSR count). The van der Waals surface area contributed by atoms with Gasteiger partial charge >= 0.3 is 0 Å². The van der Waals surface area contributed by atoms with E-state index in [1.165, 1.54) is 25.7 Å². The molecule has 4 saturated carbocycles. The van der Waals surface area contributed by atoms with E-state index in [1.807, 2.05) is 13.8 Å². The highest BCUT2D eigenvalue weighted by molar-refractivity contribution is 5.88. The van der Waals surface area contributed by atoms with Crippen LogP contribution in [0.5, 0.6) is 0 Å². The number of ketones is 1. The third-order valence-corrected chi connectivity index (χ3v) is 12.6. The van der Waals surface area contributed by atoms with Crippen molar-refractivity contribution >= 4 is 12.1 Å². The van der Waals surface area contributed by atoms with Crippen molar-refractivity contribution in [1.82, 2.24) is 0 Å². The van der Waals surface area contributed by atoms with Crippen molar-refractivity contribution in [1.29, 1.82) is 0 Å². The van der Waals surface area contributed by atoms with Crippen molar-refractivity contribution in [2.75, 3.05) is 0 Å². The van der Waals surface area contributed by atoms with E-state index in [2.05, 4.69) is 41.5 Å². The van der Waals surface area contributed by atoms with Gasteiger partial charge in [0.25, 0.3) is 0 Å². The summed E-state index contributed by atoms with van der Waals surface area (Å²) in [6.07, 6.45) is 11.1. The van der Waals surface area contributed by atoms with Crippen LogP contribution in [0.2, 0.25) is 0 Å². The lowest BCUT2D eigenvalue weighted by atomic mass is 9.32. The molecule has 188 valence electrons. The molecule has 0 aromatic carbocycles. The van der Waals surface area contributed by atoms with Crippen molar-refractivity contribution < 1.29 is 14.7 Å². The number of hydrogen-bond donors (Lipinski definition) is 1. The summed E-state index contributed by atoms with van der Waals surface area (Å²) in [5.74, 6) is 1.06. The summed E-state index contributed by atoms with van der Waals surface area (Å²) in [4.78, 5) is 25.9. The lowest BCUT2D eigenvalue weighted by molar-refractivity contribution is -0.231. The van der Waals surface area contributed by atoms with Crippen LogP contribution < -0.4 is 0 Å². The Kier molecular flexibility index (Phi) is 5.88. The summed E-state index contributed by atoms with van der Waals surface area (Å²) >= 11 is 0. The number of rotatable bonds is 3. The molecule has 0 unspecified atom stereocenters. The van der Waals surface area contributed by atoms with Gasteiger partial charge in [-0.05, 0) is 96.7 Å². The molecular formula is C30H50O3. The maximum absolute atomic E-state index is 13.8. The van der Waals surface area contributed by atoms with E-state index < -0.39 is 11.5 Å². The monoisotopic (exact) mass is 458 g/mol. The molecule has 4 aliphatic carbocycles. The van der Waals surface area contributed by atoms with Crippen LogP contribution in [-0.2, 0) is 9.59 Å². The molecule has 8 atom stereocenters. The Morgan fingerprint density at radius 2 is 1.45 bits per heavy atom. The highest BCUT2D eigenvalue weighted by Gasteiger charge is 2.68. The Labute approximate surface area is 202 Å². The predicted molar refractivity (Wildman–Crippen MR) is 134 cm³/mol. The maximum atomic E-state index is 13.8. The number of aliphatic hydroxyl groups is 1. The van der Waals surface area contributed by atoms with Crippen LogP contribution in [-0.4, -0.2) is 23.3 Å². The molecule has 1 N–H and O–H groups in total. The summed E-state index contributed by atoms with van der Waals surface area (Å²) in [7, 11) is 0. The standard InChI is InChI=1S/C30H50O3/c1-25(2)12-13-27(5)14-16-29(7)21(11-18-31)28(6,15-17-30(29,8)22(27)19-25)20-9-10-23(32)26(3,4)24(20)33/h18,20-23,32H,9-17,19H2,1-8H3/t20-,21+,22-,23+,27-,28+,29-,30+/m1/s1. The Hall–Kier alpha value is -0.700. The molecule has 0 radical (unpaired) electrons. The molecule has 0 aliphatic heterocycles. The molecule has 0 aromatic heterocycles. The molecule has 0 aromatic rings. The zero-order chi connectivity index (χ0) is 24.7. The summed E-state index contributed by atoms with van der Waals surface area (Å²) in [6.45, 7) is 18.7. The van der Waals surface area contributed by atoms with Crippen LogP contribution in [0.4, 0.5) is 0 Å². The van der Waals surface area contributed by atoms with E-state index >= 15 is 0 Å². The SMILES string of the molecule is CC1(C)CC[C@]2(C)CC[C@]3(C)[C@@H](CC=O)[C@](C)([C@@H]4CC[C@H](O)C(C)(C)C4=O)CC[C@@]3(C)[C@@H]2C1. The predicted octanol–water partition coefficient (Wildman–Crippen LogP) is 7.00. The maximum Gasteiger partial charge on any atom is 0.144 e. The van der Waals surface area contributed by atoms with Gasteiger partial charge in [-0.25, -0.2) is 0 Å². The first-order chi connectivity index (χ1) is 15.1. The third-order valence-electron chi connectivity index (χ3n) is 12.6. The van der Waals surface area contributed by atoms with Crippen LogP contribution in [0.3, 0.4) is 0 Å². The Balaban J connectivity index is 1.77. The zero-order valence-corrected chi connectivity index (χ0v) is 22.7. The summed E-state index contributed by atoms with van der Waals surface area (Å²) in [6, 6.07) is 0. The molecule has 0 bridgehead atoms. The van der Waals surface area contributed by atoms with Crippen molar-refractivity contribution in [2.24, 2.45) is 50.2 Å². The number of Topliss-reactive ketones (excluding diaryl/α,β-unsaturated/α-hetero) is 1. The number of aliphatic hydroxyl groups excluding tert-OH is 1. The van der Waals surface area contributed by atoms with E-state index in [-0.39, 0.29) is 33.9 Å². The van der Waals surface area contributed by atoms with E-state index in [9.17, 15) is 14.7 Å². The summed E-state index contributed by atoms with van der Waals surface area (Å²) in [5, 5.41) is 10.6. The van der Waals surface area contributed by atoms with Gasteiger partial charge < -0.3 is 9.90 Å². The van der Waals surface area contributed by atoms with Gasteiger partial charge in [0.1, 0.15) is 12.1 Å². The molecule has 0 spiro atoms. The van der Waals surface area contributed by atoms with Crippen LogP contribution in [0.1, 0.15) is 120 Å². The second-order valence-corrected chi connectivity index (χ2v) is 15.1. The van der Waals surface area contributed by atoms with Gasteiger partial charge in [0.05, 0.1) is 6.10 Å². The van der Waals surface area contributed by atoms with Gasteiger partial charge in [-0.1, -0.05) is 55.4 Å². The highest BCUT2D eigenvalue weighted by atomic mass is 16.3. The second kappa shape index (κ2) is 7.65. The van der Waals surface area contributed by atoms with Crippen molar-refractivity contribution in [3.63, 3.8) is 0 Å². The number of carbonyl (C=O) groups is 2. The molecule has 4 aliphatic rings. The van der Waals surface area contributed by atoms with E-state index in [0.29, 0.717) is 29.6 Å². The lowest BCUT2D eigenvalue weighted by Crippen LogP contribution is -2.66. The fourth-order valence-electron chi connectivity index (χ4n) is 9.79. The molecule has 0 heterocycles. The van der Waals surface area contributed by atoms with Gasteiger partial charge in [-0.3, -0.25) is 4.79 Å². The average molecular weight is 459 g/mol. The summed E-state index contributed by atoms with van der Waals surface area (Å²) < 4.78 is 0. The van der Waals surface area contributed by atoms with E-state index in [0.717, 1.165) is 32.0 Å². The van der Waals surface area contributed by atoms with Crippen LogP contribution >= 0.6 is 0 Å². The van der Waals surface area contributed by atoms with Gasteiger partial charge in [0.15, 0.2) is 0 Å². The van der Waals surface area contributed by atoms with Crippen molar-refractivity contribution in [3.8, 4) is 0 Å². The molecular weight excluding hydrogens is 408 g/mol. The number of aldehydes is 1. The second-order valence-electron chi connectivity index (χ2n) is 15.1. The number of carbonyl (C=O) groups excluding carboxylic acids is 2. The van der Waals surface area contributed by atoms with Gasteiger partial charge in [0.2, 0.25) is 0 Å². The minimum Gasteiger partial charge on any atom is -0.392 e. The minimum absolute atomic E-state index is 0.0546. The normalized spacial score (nSPS) is 51.4. The lowest BCUT2D eigenvalue weighted by Gasteiger charge is -2.72. The van der Waals surface area contributed by atoms with Gasteiger partial charge in [-0.2, -0.15) is 0 Å². The third kappa shape index (κ3) is 3.45. The minimum atomic E-state index is -0.697. The highest BCUT2D eigenvalue weighted by Crippen LogP contribution is 2.75. The molecule has 4 fully saturated rings. The molecule has 0 saturated heterocycles. The first kappa shape index (κ1) is 25.4. The van der Waals surface area contributed by atoms with Crippen LogP contribution in [0.15, 0.2) is 0 Å². The largest absolute Gasteiger partial charge is 0.392 e. The Morgan fingerprint density at radius 3 is 2.09 bits per heavy atom. The van der Waals surface area contributed by atoms with Gasteiger partial charge in [0, 0.05) is 17.8 Å². The topological polar surface area (TPSA) is 54.4 Å². The fourth-order valence-corrected chi connectivity index (χ4v) is 9.79.